The molecule has 0 amide bonds. The lowest BCUT2D eigenvalue weighted by atomic mass is 9.81. The van der Waals surface area contributed by atoms with Crippen LogP contribution in [0.2, 0.25) is 0 Å². The molecule has 16 heavy (non-hydrogen) atoms. The highest BCUT2D eigenvalue weighted by Crippen LogP contribution is 2.26. The van der Waals surface area contributed by atoms with Crippen LogP contribution in [0.1, 0.15) is 18.9 Å². The van der Waals surface area contributed by atoms with Crippen LogP contribution < -0.4 is 16.4 Å². The lowest BCUT2D eigenvalue weighted by Gasteiger charge is -2.33. The van der Waals surface area contributed by atoms with Crippen molar-refractivity contribution in [3.63, 3.8) is 0 Å². The number of rotatable bonds is 4. The Morgan fingerprint density at radius 1 is 1.50 bits per heavy atom. The molecular formula is C11H19N5. The molecule has 1 saturated heterocycles. The van der Waals surface area contributed by atoms with Crippen molar-refractivity contribution in [2.45, 2.75) is 24.9 Å². The van der Waals surface area contributed by atoms with Gasteiger partial charge in [-0.25, -0.2) is 4.68 Å². The molecule has 0 radical (unpaired) electrons. The minimum Gasteiger partial charge on any atom is -0.370 e. The van der Waals surface area contributed by atoms with Crippen molar-refractivity contribution in [2.24, 2.45) is 11.7 Å². The molecule has 2 heterocycles. The van der Waals surface area contributed by atoms with Crippen LogP contribution in [0, 0.1) is 5.92 Å². The Kier molecular flexibility index (Phi) is 2.57. The SMILES string of the molecule is NC1CC(CNc2ccnn2C2CNC2)C1. The molecular weight excluding hydrogens is 202 g/mol. The number of nitrogens with two attached hydrogens (primary N) is 1. The van der Waals surface area contributed by atoms with Crippen molar-refractivity contribution in [2.75, 3.05) is 25.0 Å². The predicted octanol–water partition coefficient (Wildman–Crippen LogP) is 0.177. The maximum absolute atomic E-state index is 5.77. The topological polar surface area (TPSA) is 67.9 Å². The fraction of sp³-hybridized carbons (Fsp3) is 0.727. The first-order valence-corrected chi connectivity index (χ1v) is 6.06. The lowest BCUT2D eigenvalue weighted by molar-refractivity contribution is 0.278. The van der Waals surface area contributed by atoms with Crippen LogP contribution in [0.15, 0.2) is 12.3 Å². The van der Waals surface area contributed by atoms with Crippen LogP contribution in [-0.2, 0) is 0 Å². The zero-order valence-corrected chi connectivity index (χ0v) is 9.39. The molecule has 2 aliphatic rings. The van der Waals surface area contributed by atoms with E-state index in [1.165, 1.54) is 0 Å². The second-order valence-corrected chi connectivity index (χ2v) is 4.95. The molecule has 1 saturated carbocycles. The van der Waals surface area contributed by atoms with E-state index in [0.29, 0.717) is 12.1 Å². The van der Waals surface area contributed by atoms with Gasteiger partial charge >= 0.3 is 0 Å². The van der Waals surface area contributed by atoms with Crippen molar-refractivity contribution in [1.29, 1.82) is 0 Å². The lowest BCUT2D eigenvalue weighted by Crippen LogP contribution is -2.44. The summed E-state index contributed by atoms with van der Waals surface area (Å²) in [5.41, 5.74) is 5.77. The van der Waals surface area contributed by atoms with E-state index in [1.54, 1.807) is 0 Å². The van der Waals surface area contributed by atoms with Crippen LogP contribution in [0.5, 0.6) is 0 Å². The van der Waals surface area contributed by atoms with Gasteiger partial charge in [0.25, 0.3) is 0 Å². The fourth-order valence-electron chi connectivity index (χ4n) is 2.39. The highest BCUT2D eigenvalue weighted by atomic mass is 15.4. The van der Waals surface area contributed by atoms with Gasteiger partial charge < -0.3 is 16.4 Å². The highest BCUT2D eigenvalue weighted by Gasteiger charge is 2.26. The molecule has 88 valence electrons. The average molecular weight is 221 g/mol. The van der Waals surface area contributed by atoms with Gasteiger partial charge in [-0.2, -0.15) is 5.10 Å². The van der Waals surface area contributed by atoms with E-state index in [0.717, 1.165) is 44.2 Å². The second-order valence-electron chi connectivity index (χ2n) is 4.95. The van der Waals surface area contributed by atoms with E-state index in [2.05, 4.69) is 26.5 Å². The van der Waals surface area contributed by atoms with Gasteiger partial charge in [0.1, 0.15) is 5.82 Å². The van der Waals surface area contributed by atoms with E-state index in [1.807, 2.05) is 6.20 Å². The monoisotopic (exact) mass is 221 g/mol. The number of anilines is 1. The highest BCUT2D eigenvalue weighted by molar-refractivity contribution is 5.35. The van der Waals surface area contributed by atoms with Gasteiger partial charge in [-0.1, -0.05) is 0 Å². The molecule has 1 aromatic rings. The number of hydrogen-bond acceptors (Lipinski definition) is 4. The van der Waals surface area contributed by atoms with Gasteiger partial charge in [0.15, 0.2) is 0 Å². The predicted molar refractivity (Wildman–Crippen MR) is 63.3 cm³/mol. The molecule has 0 spiro atoms. The number of nitrogens with zero attached hydrogens (tertiary/aromatic N) is 2. The first kappa shape index (κ1) is 10.1. The Labute approximate surface area is 95.4 Å². The van der Waals surface area contributed by atoms with Gasteiger partial charge in [-0.05, 0) is 18.8 Å². The minimum atomic E-state index is 0.438. The van der Waals surface area contributed by atoms with E-state index in [9.17, 15) is 0 Å². The van der Waals surface area contributed by atoms with E-state index in [4.69, 9.17) is 5.73 Å². The average Bonchev–Trinajstić information content (AvgIpc) is 2.56. The van der Waals surface area contributed by atoms with Crippen molar-refractivity contribution in [3.05, 3.63) is 12.3 Å². The van der Waals surface area contributed by atoms with Gasteiger partial charge in [-0.15, -0.1) is 0 Å². The molecule has 0 atom stereocenters. The molecule has 0 unspecified atom stereocenters. The standard InChI is InChI=1S/C11H19N5/c12-9-3-8(4-9)5-14-11-1-2-15-16(11)10-6-13-7-10/h1-2,8-10,13-14H,3-7,12H2. The van der Waals surface area contributed by atoms with Crippen molar-refractivity contribution in [1.82, 2.24) is 15.1 Å². The van der Waals surface area contributed by atoms with Gasteiger partial charge in [0, 0.05) is 31.7 Å². The zero-order valence-electron chi connectivity index (χ0n) is 9.39. The van der Waals surface area contributed by atoms with Crippen LogP contribution in [0.4, 0.5) is 5.82 Å². The third-order valence-corrected chi connectivity index (χ3v) is 3.62. The summed E-state index contributed by atoms with van der Waals surface area (Å²) in [6, 6.07) is 3.02. The Morgan fingerprint density at radius 2 is 2.31 bits per heavy atom. The van der Waals surface area contributed by atoms with Gasteiger partial charge in [0.05, 0.1) is 12.2 Å². The molecule has 5 heteroatoms. The summed E-state index contributed by atoms with van der Waals surface area (Å²) in [5, 5.41) is 11.1. The minimum absolute atomic E-state index is 0.438. The Bertz CT molecular complexity index is 351. The van der Waals surface area contributed by atoms with Gasteiger partial charge in [-0.3, -0.25) is 0 Å². The molecule has 0 bridgehead atoms. The quantitative estimate of drug-likeness (QED) is 0.678. The molecule has 1 aromatic heterocycles. The maximum Gasteiger partial charge on any atom is 0.124 e. The van der Waals surface area contributed by atoms with E-state index in [-0.39, 0.29) is 0 Å². The Hall–Kier alpha value is -1.07. The van der Waals surface area contributed by atoms with Crippen LogP contribution >= 0.6 is 0 Å². The first-order valence-electron chi connectivity index (χ1n) is 6.06. The fourth-order valence-corrected chi connectivity index (χ4v) is 2.39. The maximum atomic E-state index is 5.77. The summed E-state index contributed by atoms with van der Waals surface area (Å²) in [7, 11) is 0. The Balaban J connectivity index is 1.55. The molecule has 5 nitrogen and oxygen atoms in total. The summed E-state index contributed by atoms with van der Waals surface area (Å²) in [6.45, 7) is 3.09. The second kappa shape index (κ2) is 4.07. The van der Waals surface area contributed by atoms with Gasteiger partial charge in [0.2, 0.25) is 0 Å². The largest absolute Gasteiger partial charge is 0.370 e. The van der Waals surface area contributed by atoms with Crippen molar-refractivity contribution >= 4 is 5.82 Å². The molecule has 1 aliphatic carbocycles. The normalized spacial score (nSPS) is 29.6. The van der Waals surface area contributed by atoms with Crippen LogP contribution in [-0.4, -0.2) is 35.5 Å². The summed E-state index contributed by atoms with van der Waals surface area (Å²) in [6.07, 6.45) is 4.19. The summed E-state index contributed by atoms with van der Waals surface area (Å²) >= 11 is 0. The van der Waals surface area contributed by atoms with E-state index < -0.39 is 0 Å². The smallest absolute Gasteiger partial charge is 0.124 e. The Morgan fingerprint density at radius 3 is 2.94 bits per heavy atom. The summed E-state index contributed by atoms with van der Waals surface area (Å²) in [5.74, 6) is 1.89. The van der Waals surface area contributed by atoms with Crippen LogP contribution in [0.3, 0.4) is 0 Å². The zero-order chi connectivity index (χ0) is 11.0. The molecule has 2 fully saturated rings. The third-order valence-electron chi connectivity index (χ3n) is 3.62. The molecule has 4 N–H and O–H groups in total. The van der Waals surface area contributed by atoms with Crippen LogP contribution in [0.25, 0.3) is 0 Å². The first-order chi connectivity index (χ1) is 7.83. The van der Waals surface area contributed by atoms with Crippen molar-refractivity contribution in [3.8, 4) is 0 Å². The van der Waals surface area contributed by atoms with E-state index >= 15 is 0 Å². The number of aromatic nitrogens is 2. The summed E-state index contributed by atoms with van der Waals surface area (Å²) < 4.78 is 2.09. The molecule has 3 rings (SSSR count). The summed E-state index contributed by atoms with van der Waals surface area (Å²) in [4.78, 5) is 0. The van der Waals surface area contributed by atoms with Crippen molar-refractivity contribution < 1.29 is 0 Å². The molecule has 0 aromatic carbocycles. The molecule has 1 aliphatic heterocycles. The number of hydrogen-bond donors (Lipinski definition) is 3. The number of nitrogens with one attached hydrogen (secondary N) is 2. The third kappa shape index (κ3) is 1.81.